The zero-order valence-corrected chi connectivity index (χ0v) is 32.7. The van der Waals surface area contributed by atoms with Crippen molar-refractivity contribution in [3.8, 4) is 34.6 Å². The van der Waals surface area contributed by atoms with Gasteiger partial charge >= 0.3 is 0 Å². The minimum Gasteiger partial charge on any atom is -0.440 e. The summed E-state index contributed by atoms with van der Waals surface area (Å²) in [5.74, 6) is -0.0209. The molecule has 1 amide bonds. The lowest BCUT2D eigenvalue weighted by Crippen LogP contribution is -2.59. The molecule has 0 spiro atoms. The van der Waals surface area contributed by atoms with Gasteiger partial charge in [0.05, 0.1) is 22.2 Å². The van der Waals surface area contributed by atoms with Gasteiger partial charge in [0.15, 0.2) is 10.3 Å². The first-order valence-corrected chi connectivity index (χ1v) is 19.3. The third kappa shape index (κ3) is 6.05. The molecule has 0 unspecified atom stereocenters. The quantitative estimate of drug-likeness (QED) is 0.115. The molecule has 1 saturated heterocycles. The molecule has 1 N–H and O–H groups in total. The fraction of sp³-hybridized carbons (Fsp3) is 0.133. The standard InChI is InChI=1S/C45H34Cl2F2N6O3/c1-27-13-15-29(48)23-35(27)57-43-37(33-17-19-51-41(46)39(33)54(43)31-9-5-3-6-10-31)45(25-50-21-22-53(45)26-56)38-34-18-20-52-42(47)40(34)55(32-11-7-4-8-12-32)44(38)58-36-24-30(49)16-14-28(36)2/h3-20,23-24,26,50H,21-22,25H2,1-2H3. The van der Waals surface area contributed by atoms with Gasteiger partial charge in [0.25, 0.3) is 0 Å². The molecule has 0 atom stereocenters. The lowest BCUT2D eigenvalue weighted by atomic mass is 9.79. The van der Waals surface area contributed by atoms with Crippen LogP contribution in [0.25, 0.3) is 33.2 Å². The van der Waals surface area contributed by atoms with Crippen LogP contribution in [0, 0.1) is 25.5 Å². The lowest BCUT2D eigenvalue weighted by molar-refractivity contribution is -0.124. The zero-order valence-electron chi connectivity index (χ0n) is 31.2. The monoisotopic (exact) mass is 814 g/mol. The molecule has 0 bridgehead atoms. The SMILES string of the molecule is Cc1ccc(F)cc1Oc1c(C2(c3c(Oc4cc(F)ccc4C)n(-c4ccccc4)c4c(Cl)nccc34)CNCCN2C=O)c2ccnc(Cl)c2n1-c1ccccc1. The number of ether oxygens (including phenoxy) is 2. The highest BCUT2D eigenvalue weighted by Crippen LogP contribution is 2.55. The van der Waals surface area contributed by atoms with Crippen LogP contribution in [0.5, 0.6) is 23.3 Å². The van der Waals surface area contributed by atoms with Crippen molar-refractivity contribution in [1.82, 2.24) is 29.3 Å². The Labute approximate surface area is 342 Å². The van der Waals surface area contributed by atoms with Crippen LogP contribution in [0.4, 0.5) is 8.78 Å². The van der Waals surface area contributed by atoms with E-state index < -0.39 is 17.2 Å². The smallest absolute Gasteiger partial charge is 0.211 e. The maximum atomic E-state index is 15.1. The van der Waals surface area contributed by atoms with Crippen LogP contribution in [-0.4, -0.2) is 50.0 Å². The molecule has 5 heterocycles. The van der Waals surface area contributed by atoms with E-state index in [-0.39, 0.29) is 46.7 Å². The highest BCUT2D eigenvalue weighted by molar-refractivity contribution is 6.35. The molecule has 290 valence electrons. The molecule has 0 radical (unpaired) electrons. The minimum absolute atomic E-state index is 0.129. The molecule has 1 fully saturated rings. The second kappa shape index (κ2) is 14.9. The predicted molar refractivity (Wildman–Crippen MR) is 221 cm³/mol. The van der Waals surface area contributed by atoms with Crippen molar-refractivity contribution >= 4 is 51.4 Å². The summed E-state index contributed by atoms with van der Waals surface area (Å²) in [6.45, 7) is 4.48. The number of hydrogen-bond donors (Lipinski definition) is 1. The van der Waals surface area contributed by atoms with Gasteiger partial charge in [-0.1, -0.05) is 71.7 Å². The van der Waals surface area contributed by atoms with Gasteiger partial charge in [0, 0.05) is 66.3 Å². The number of nitrogens with zero attached hydrogens (tertiary/aromatic N) is 5. The number of rotatable bonds is 9. The highest BCUT2D eigenvalue weighted by atomic mass is 35.5. The number of pyridine rings is 2. The topological polar surface area (TPSA) is 86.4 Å². The maximum absolute atomic E-state index is 15.1. The van der Waals surface area contributed by atoms with E-state index in [1.54, 1.807) is 29.4 Å². The Bertz CT molecular complexity index is 2690. The molecule has 1 aliphatic heterocycles. The Morgan fingerprint density at radius 3 is 1.60 bits per heavy atom. The average molecular weight is 816 g/mol. The number of para-hydroxylation sites is 2. The van der Waals surface area contributed by atoms with Crippen LogP contribution < -0.4 is 14.8 Å². The van der Waals surface area contributed by atoms with Crippen LogP contribution in [0.15, 0.2) is 122 Å². The largest absolute Gasteiger partial charge is 0.440 e. The molecule has 9 rings (SSSR count). The van der Waals surface area contributed by atoms with E-state index in [0.29, 0.717) is 62.0 Å². The Hall–Kier alpha value is -6.27. The van der Waals surface area contributed by atoms with Gasteiger partial charge in [-0.25, -0.2) is 18.7 Å². The number of halogens is 4. The van der Waals surface area contributed by atoms with Crippen LogP contribution in [0.3, 0.4) is 0 Å². The highest BCUT2D eigenvalue weighted by Gasteiger charge is 2.51. The normalized spacial score (nSPS) is 13.9. The van der Waals surface area contributed by atoms with Crippen LogP contribution in [-0.2, 0) is 10.3 Å². The number of amides is 1. The second-order valence-corrected chi connectivity index (χ2v) is 14.8. The van der Waals surface area contributed by atoms with E-state index in [1.807, 2.05) is 95.8 Å². The molecular weight excluding hydrogens is 781 g/mol. The van der Waals surface area contributed by atoms with Crippen LogP contribution in [0.1, 0.15) is 22.3 Å². The first-order valence-electron chi connectivity index (χ1n) is 18.5. The van der Waals surface area contributed by atoms with E-state index in [9.17, 15) is 4.79 Å². The number of carbonyl (C=O) groups is 1. The second-order valence-electron chi connectivity index (χ2n) is 14.1. The summed E-state index contributed by atoms with van der Waals surface area (Å²) in [4.78, 5) is 24.6. The van der Waals surface area contributed by atoms with E-state index in [4.69, 9.17) is 32.7 Å². The Kier molecular flexibility index (Phi) is 9.59. The summed E-state index contributed by atoms with van der Waals surface area (Å²) in [7, 11) is 0. The number of carbonyl (C=O) groups excluding carboxylic acids is 1. The molecular formula is C45H34Cl2F2N6O3. The number of aryl methyl sites for hydroxylation is 2. The van der Waals surface area contributed by atoms with Gasteiger partial charge in [0.1, 0.15) is 28.7 Å². The predicted octanol–water partition coefficient (Wildman–Crippen LogP) is 10.5. The number of aromatic nitrogens is 4. The molecule has 4 aromatic heterocycles. The Morgan fingerprint density at radius 1 is 0.690 bits per heavy atom. The molecule has 4 aromatic carbocycles. The number of benzene rings is 4. The summed E-state index contributed by atoms with van der Waals surface area (Å²) in [5, 5.41) is 5.08. The van der Waals surface area contributed by atoms with E-state index in [1.165, 1.54) is 24.3 Å². The minimum atomic E-state index is -1.50. The number of fused-ring (bicyclic) bond motifs is 2. The summed E-state index contributed by atoms with van der Waals surface area (Å²) in [5.41, 5.74) is 3.13. The Balaban J connectivity index is 1.51. The summed E-state index contributed by atoms with van der Waals surface area (Å²) in [6, 6.07) is 31.2. The molecule has 13 heteroatoms. The fourth-order valence-corrected chi connectivity index (χ4v) is 8.54. The van der Waals surface area contributed by atoms with Gasteiger partial charge in [-0.2, -0.15) is 0 Å². The first kappa shape index (κ1) is 37.3. The molecule has 0 aliphatic carbocycles. The summed E-state index contributed by atoms with van der Waals surface area (Å²) < 4.78 is 47.9. The third-order valence-corrected chi connectivity index (χ3v) is 11.2. The van der Waals surface area contributed by atoms with Gasteiger partial charge in [-0.05, 0) is 73.5 Å². The van der Waals surface area contributed by atoms with Crippen LogP contribution in [0.2, 0.25) is 10.3 Å². The molecule has 58 heavy (non-hydrogen) atoms. The molecule has 0 saturated carbocycles. The van der Waals surface area contributed by atoms with Gasteiger partial charge in [0.2, 0.25) is 18.2 Å². The third-order valence-electron chi connectivity index (χ3n) is 10.7. The molecule has 9 nitrogen and oxygen atoms in total. The molecule has 8 aromatic rings. The van der Waals surface area contributed by atoms with Crippen molar-refractivity contribution in [2.45, 2.75) is 19.4 Å². The van der Waals surface area contributed by atoms with Crippen molar-refractivity contribution in [3.63, 3.8) is 0 Å². The number of hydrogen-bond acceptors (Lipinski definition) is 6. The maximum Gasteiger partial charge on any atom is 0.211 e. The van der Waals surface area contributed by atoms with Crippen molar-refractivity contribution in [2.24, 2.45) is 0 Å². The number of piperazine rings is 1. The fourth-order valence-electron chi connectivity index (χ4n) is 8.05. The van der Waals surface area contributed by atoms with E-state index in [2.05, 4.69) is 15.3 Å². The van der Waals surface area contributed by atoms with Crippen molar-refractivity contribution < 1.29 is 23.0 Å². The van der Waals surface area contributed by atoms with E-state index in [0.717, 1.165) is 6.41 Å². The Morgan fingerprint density at radius 2 is 1.16 bits per heavy atom. The van der Waals surface area contributed by atoms with Gasteiger partial charge in [-0.15, -0.1) is 0 Å². The average Bonchev–Trinajstić information content (AvgIpc) is 3.75. The lowest BCUT2D eigenvalue weighted by Gasteiger charge is -2.46. The number of nitrogens with one attached hydrogen (secondary N) is 1. The summed E-state index contributed by atoms with van der Waals surface area (Å²) in [6.07, 6.45) is 3.99. The van der Waals surface area contributed by atoms with Gasteiger partial charge in [-0.3, -0.25) is 13.9 Å². The van der Waals surface area contributed by atoms with E-state index >= 15 is 8.78 Å². The molecule has 1 aliphatic rings. The van der Waals surface area contributed by atoms with Crippen molar-refractivity contribution in [2.75, 3.05) is 19.6 Å². The van der Waals surface area contributed by atoms with Crippen LogP contribution >= 0.6 is 23.2 Å². The van der Waals surface area contributed by atoms with Crippen molar-refractivity contribution in [1.29, 1.82) is 0 Å². The zero-order chi connectivity index (χ0) is 40.1. The summed E-state index contributed by atoms with van der Waals surface area (Å²) >= 11 is 14.2. The van der Waals surface area contributed by atoms with Gasteiger partial charge < -0.3 is 19.7 Å². The van der Waals surface area contributed by atoms with Crippen molar-refractivity contribution in [3.05, 3.63) is 166 Å². The first-order chi connectivity index (χ1) is 28.2.